The zero-order valence-corrected chi connectivity index (χ0v) is 18.4. The van der Waals surface area contributed by atoms with Gasteiger partial charge in [-0.25, -0.2) is 9.37 Å². The van der Waals surface area contributed by atoms with Crippen LogP contribution in [0.1, 0.15) is 36.1 Å². The molecule has 2 atom stereocenters. The Morgan fingerprint density at radius 2 is 1.97 bits per heavy atom. The average Bonchev–Trinajstić information content (AvgIpc) is 2.76. The molecule has 162 valence electrons. The SMILES string of the molecule is CC(c1nc2ccc(Cl)cc2c(=O)n1C)N1CCN(C(=O)c2ccccc2F)C(C)C1. The van der Waals surface area contributed by atoms with Crippen LogP contribution < -0.4 is 5.56 Å². The van der Waals surface area contributed by atoms with Crippen LogP contribution in [0.15, 0.2) is 47.3 Å². The maximum absolute atomic E-state index is 14.1. The Balaban J connectivity index is 1.56. The van der Waals surface area contributed by atoms with Crippen molar-refractivity contribution in [1.29, 1.82) is 0 Å². The van der Waals surface area contributed by atoms with Crippen LogP contribution in [0.2, 0.25) is 5.02 Å². The molecule has 1 fully saturated rings. The van der Waals surface area contributed by atoms with Crippen LogP contribution in [0.5, 0.6) is 0 Å². The highest BCUT2D eigenvalue weighted by atomic mass is 35.5. The van der Waals surface area contributed by atoms with Crippen molar-refractivity contribution in [3.8, 4) is 0 Å². The van der Waals surface area contributed by atoms with E-state index >= 15 is 0 Å². The molecular formula is C23H24ClFN4O2. The fraction of sp³-hybridized carbons (Fsp3) is 0.348. The number of piperazine rings is 1. The Bertz CT molecular complexity index is 1210. The lowest BCUT2D eigenvalue weighted by Gasteiger charge is -2.42. The molecule has 1 aromatic heterocycles. The summed E-state index contributed by atoms with van der Waals surface area (Å²) in [5.74, 6) is -0.155. The smallest absolute Gasteiger partial charge is 0.261 e. The molecule has 2 unspecified atom stereocenters. The number of rotatable bonds is 3. The van der Waals surface area contributed by atoms with E-state index < -0.39 is 5.82 Å². The second-order valence-corrected chi connectivity index (χ2v) is 8.43. The molecule has 0 N–H and O–H groups in total. The first-order valence-corrected chi connectivity index (χ1v) is 10.6. The maximum Gasteiger partial charge on any atom is 0.261 e. The number of benzene rings is 2. The van der Waals surface area contributed by atoms with Crippen molar-refractivity contribution in [3.63, 3.8) is 0 Å². The molecule has 0 bridgehead atoms. The Morgan fingerprint density at radius 1 is 1.23 bits per heavy atom. The highest BCUT2D eigenvalue weighted by Crippen LogP contribution is 2.25. The van der Waals surface area contributed by atoms with Gasteiger partial charge in [0, 0.05) is 37.7 Å². The summed E-state index contributed by atoms with van der Waals surface area (Å²) in [6.07, 6.45) is 0. The van der Waals surface area contributed by atoms with Crippen LogP contribution in [0.4, 0.5) is 4.39 Å². The van der Waals surface area contributed by atoms with E-state index in [0.29, 0.717) is 41.4 Å². The molecule has 8 heteroatoms. The number of carbonyl (C=O) groups excluding carboxylic acids is 1. The van der Waals surface area contributed by atoms with Gasteiger partial charge < -0.3 is 4.90 Å². The maximum atomic E-state index is 14.1. The molecule has 4 rings (SSSR count). The minimum atomic E-state index is -0.508. The van der Waals surface area contributed by atoms with Gasteiger partial charge in [-0.1, -0.05) is 23.7 Å². The summed E-state index contributed by atoms with van der Waals surface area (Å²) in [4.78, 5) is 34.3. The lowest BCUT2D eigenvalue weighted by atomic mass is 10.1. The van der Waals surface area contributed by atoms with Crippen molar-refractivity contribution in [1.82, 2.24) is 19.4 Å². The number of carbonyl (C=O) groups is 1. The molecule has 0 radical (unpaired) electrons. The topological polar surface area (TPSA) is 58.4 Å². The van der Waals surface area contributed by atoms with Gasteiger partial charge in [-0.05, 0) is 44.2 Å². The van der Waals surface area contributed by atoms with E-state index in [1.807, 2.05) is 13.8 Å². The van der Waals surface area contributed by atoms with Crippen LogP contribution in [0.3, 0.4) is 0 Å². The van der Waals surface area contributed by atoms with E-state index in [-0.39, 0.29) is 29.1 Å². The van der Waals surface area contributed by atoms with E-state index in [9.17, 15) is 14.0 Å². The summed E-state index contributed by atoms with van der Waals surface area (Å²) < 4.78 is 15.6. The Morgan fingerprint density at radius 3 is 2.68 bits per heavy atom. The normalized spacial score (nSPS) is 18.4. The van der Waals surface area contributed by atoms with Gasteiger partial charge >= 0.3 is 0 Å². The van der Waals surface area contributed by atoms with Gasteiger partial charge in [0.25, 0.3) is 11.5 Å². The minimum Gasteiger partial charge on any atom is -0.333 e. The number of hydrogen-bond acceptors (Lipinski definition) is 4. The van der Waals surface area contributed by atoms with E-state index in [2.05, 4.69) is 4.90 Å². The molecular weight excluding hydrogens is 419 g/mol. The van der Waals surface area contributed by atoms with Gasteiger partial charge in [0.2, 0.25) is 0 Å². The predicted octanol–water partition coefficient (Wildman–Crippen LogP) is 3.63. The summed E-state index contributed by atoms with van der Waals surface area (Å²) in [6, 6.07) is 10.9. The first kappa shape index (κ1) is 21.5. The van der Waals surface area contributed by atoms with Gasteiger partial charge in [0.05, 0.1) is 22.5 Å². The molecule has 1 aliphatic heterocycles. The summed E-state index contributed by atoms with van der Waals surface area (Å²) in [7, 11) is 1.71. The monoisotopic (exact) mass is 442 g/mol. The van der Waals surface area contributed by atoms with E-state index in [4.69, 9.17) is 16.6 Å². The number of amides is 1. The lowest BCUT2D eigenvalue weighted by molar-refractivity contribution is 0.0388. The summed E-state index contributed by atoms with van der Waals surface area (Å²) in [6.45, 7) is 5.61. The van der Waals surface area contributed by atoms with Crippen molar-refractivity contribution in [2.75, 3.05) is 19.6 Å². The summed E-state index contributed by atoms with van der Waals surface area (Å²) >= 11 is 6.04. The van der Waals surface area contributed by atoms with Gasteiger partial charge in [-0.15, -0.1) is 0 Å². The Labute approximate surface area is 184 Å². The van der Waals surface area contributed by atoms with Crippen molar-refractivity contribution < 1.29 is 9.18 Å². The van der Waals surface area contributed by atoms with Crippen LogP contribution >= 0.6 is 11.6 Å². The minimum absolute atomic E-state index is 0.0908. The van der Waals surface area contributed by atoms with Gasteiger partial charge in [0.1, 0.15) is 11.6 Å². The molecule has 0 spiro atoms. The zero-order valence-electron chi connectivity index (χ0n) is 17.7. The second kappa shape index (κ2) is 8.40. The zero-order chi connectivity index (χ0) is 22.3. The quantitative estimate of drug-likeness (QED) is 0.621. The van der Waals surface area contributed by atoms with Crippen LogP contribution in [0, 0.1) is 5.82 Å². The molecule has 31 heavy (non-hydrogen) atoms. The van der Waals surface area contributed by atoms with Crippen molar-refractivity contribution in [2.45, 2.75) is 25.9 Å². The van der Waals surface area contributed by atoms with Crippen LogP contribution in [-0.2, 0) is 7.05 Å². The first-order chi connectivity index (χ1) is 14.8. The summed E-state index contributed by atoms with van der Waals surface area (Å²) in [5, 5.41) is 0.983. The molecule has 2 aromatic carbocycles. The number of nitrogens with zero attached hydrogens (tertiary/aromatic N) is 4. The number of hydrogen-bond donors (Lipinski definition) is 0. The first-order valence-electron chi connectivity index (χ1n) is 10.2. The highest BCUT2D eigenvalue weighted by molar-refractivity contribution is 6.31. The molecule has 1 amide bonds. The lowest BCUT2D eigenvalue weighted by Crippen LogP contribution is -2.54. The highest BCUT2D eigenvalue weighted by Gasteiger charge is 2.32. The van der Waals surface area contributed by atoms with Gasteiger partial charge in [-0.2, -0.15) is 0 Å². The molecule has 1 aliphatic rings. The number of halogens is 2. The summed E-state index contributed by atoms with van der Waals surface area (Å²) in [5.41, 5.74) is 0.555. The second-order valence-electron chi connectivity index (χ2n) is 7.99. The fourth-order valence-electron chi connectivity index (χ4n) is 4.23. The van der Waals surface area contributed by atoms with Gasteiger partial charge in [0.15, 0.2) is 0 Å². The fourth-order valence-corrected chi connectivity index (χ4v) is 4.40. The largest absolute Gasteiger partial charge is 0.333 e. The predicted molar refractivity (Wildman–Crippen MR) is 119 cm³/mol. The Hall–Kier alpha value is -2.77. The van der Waals surface area contributed by atoms with Crippen LogP contribution in [-0.4, -0.2) is 50.9 Å². The molecule has 0 aliphatic carbocycles. The van der Waals surface area contributed by atoms with Crippen molar-refractivity contribution in [3.05, 3.63) is 75.0 Å². The third kappa shape index (κ3) is 3.95. The van der Waals surface area contributed by atoms with Crippen molar-refractivity contribution >= 4 is 28.4 Å². The standard InChI is InChI=1S/C23H24ClFN4O2/c1-14-13-28(10-11-29(14)23(31)17-6-4-5-7-19(17)25)15(2)21-26-20-9-8-16(24)12-18(20)22(30)27(21)3/h4-9,12,14-15H,10-11,13H2,1-3H3. The Kier molecular flexibility index (Phi) is 5.81. The average molecular weight is 443 g/mol. The third-order valence-electron chi connectivity index (χ3n) is 6.02. The van der Waals surface area contributed by atoms with E-state index in [0.717, 1.165) is 0 Å². The van der Waals surface area contributed by atoms with Crippen molar-refractivity contribution in [2.24, 2.45) is 7.05 Å². The van der Waals surface area contributed by atoms with E-state index in [1.54, 1.807) is 46.8 Å². The third-order valence-corrected chi connectivity index (χ3v) is 6.25. The molecule has 3 aromatic rings. The number of aromatic nitrogens is 2. The van der Waals surface area contributed by atoms with E-state index in [1.165, 1.54) is 12.1 Å². The molecule has 0 saturated carbocycles. The van der Waals surface area contributed by atoms with Crippen LogP contribution in [0.25, 0.3) is 10.9 Å². The number of fused-ring (bicyclic) bond motifs is 1. The molecule has 1 saturated heterocycles. The molecule has 2 heterocycles. The molecule has 6 nitrogen and oxygen atoms in total. The van der Waals surface area contributed by atoms with Gasteiger partial charge in [-0.3, -0.25) is 19.1 Å².